The summed E-state index contributed by atoms with van der Waals surface area (Å²) in [5, 5.41) is 0.444. The zero-order chi connectivity index (χ0) is 30.3. The second kappa shape index (κ2) is 11.0. The molecule has 12 heteroatoms. The lowest BCUT2D eigenvalue weighted by Crippen LogP contribution is -2.62. The van der Waals surface area contributed by atoms with E-state index in [0.717, 1.165) is 17.6 Å². The van der Waals surface area contributed by atoms with Gasteiger partial charge in [-0.2, -0.15) is 5.01 Å². The topological polar surface area (TPSA) is 139 Å². The number of hydrogen-bond donors (Lipinski definition) is 1. The van der Waals surface area contributed by atoms with Crippen LogP contribution in [0.4, 0.5) is 9.59 Å². The molecule has 11 nitrogen and oxygen atoms in total. The number of Topliss-reactive ketones (excluding diaryl/α,β-unsaturated/α-hetero) is 1. The number of fused-ring (bicyclic) bond motifs is 1. The van der Waals surface area contributed by atoms with Crippen molar-refractivity contribution in [1.29, 1.82) is 0 Å². The number of carbonyl (C=O) groups excluding carboxylic acids is 4. The second-order valence-corrected chi connectivity index (χ2v) is 13.7. The highest BCUT2D eigenvalue weighted by atomic mass is 32.2. The van der Waals surface area contributed by atoms with Crippen LogP contribution in [0.1, 0.15) is 51.2 Å². The average Bonchev–Trinajstić information content (AvgIpc) is 3.43. The molecule has 2 aromatic rings. The Hall–Kier alpha value is -3.93. The summed E-state index contributed by atoms with van der Waals surface area (Å²) >= 11 is 0. The van der Waals surface area contributed by atoms with E-state index < -0.39 is 51.4 Å². The van der Waals surface area contributed by atoms with E-state index >= 15 is 0 Å². The number of hydrogen-bond acceptors (Lipinski definition) is 8. The molecule has 2 aliphatic carbocycles. The van der Waals surface area contributed by atoms with E-state index in [2.05, 4.69) is 5.43 Å². The SMILES string of the molecule is CC(=O)[C@@H](C(=O)N1[C@@H]2C[C@H]3CC[C@]2(CS1(=O)=O)C3(C)C)N(NC(=O)OCc1ccccc1)C(=O)OCc1ccccc1. The minimum atomic E-state index is -4.12. The molecule has 2 bridgehead atoms. The lowest BCUT2D eigenvalue weighted by Gasteiger charge is -2.38. The summed E-state index contributed by atoms with van der Waals surface area (Å²) in [5.74, 6) is -1.94. The van der Waals surface area contributed by atoms with Gasteiger partial charge < -0.3 is 9.47 Å². The van der Waals surface area contributed by atoms with Gasteiger partial charge in [0.05, 0.1) is 11.8 Å². The Morgan fingerprint density at radius 2 is 1.55 bits per heavy atom. The summed E-state index contributed by atoms with van der Waals surface area (Å²) in [6.07, 6.45) is -0.354. The molecule has 1 heterocycles. The lowest BCUT2D eigenvalue weighted by atomic mass is 9.69. The summed E-state index contributed by atoms with van der Waals surface area (Å²) < 4.78 is 38.5. The maximum atomic E-state index is 14.1. The number of nitrogens with zero attached hydrogens (tertiary/aromatic N) is 2. The van der Waals surface area contributed by atoms with E-state index in [1.165, 1.54) is 0 Å². The molecule has 2 saturated carbocycles. The molecule has 1 saturated heterocycles. The molecule has 42 heavy (non-hydrogen) atoms. The van der Waals surface area contributed by atoms with Crippen LogP contribution < -0.4 is 5.43 Å². The Kier molecular flexibility index (Phi) is 7.78. The molecule has 3 aliphatic rings. The van der Waals surface area contributed by atoms with Crippen LogP contribution in [0.25, 0.3) is 0 Å². The highest BCUT2D eigenvalue weighted by Crippen LogP contribution is 2.70. The normalized spacial score (nSPS) is 25.3. The molecule has 3 fully saturated rings. The molecule has 0 unspecified atom stereocenters. The number of amides is 3. The van der Waals surface area contributed by atoms with Gasteiger partial charge in [-0.1, -0.05) is 74.5 Å². The number of rotatable bonds is 7. The van der Waals surface area contributed by atoms with Crippen LogP contribution in [0.5, 0.6) is 0 Å². The van der Waals surface area contributed by atoms with Gasteiger partial charge in [0, 0.05) is 5.41 Å². The average molecular weight is 598 g/mol. The number of nitrogens with one attached hydrogen (secondary N) is 1. The monoisotopic (exact) mass is 597 g/mol. The predicted molar refractivity (Wildman–Crippen MR) is 151 cm³/mol. The number of sulfonamides is 1. The lowest BCUT2D eigenvalue weighted by molar-refractivity contribution is -0.141. The first-order valence-electron chi connectivity index (χ1n) is 13.9. The van der Waals surface area contributed by atoms with E-state index in [9.17, 15) is 27.6 Å². The third kappa shape index (κ3) is 5.12. The maximum absolute atomic E-state index is 14.1. The van der Waals surface area contributed by atoms with Gasteiger partial charge in [0.1, 0.15) is 13.2 Å². The first-order chi connectivity index (χ1) is 19.9. The minimum Gasteiger partial charge on any atom is -0.443 e. The molecule has 1 N–H and O–H groups in total. The summed E-state index contributed by atoms with van der Waals surface area (Å²) in [4.78, 5) is 53.3. The molecular formula is C30H35N3O8S. The van der Waals surface area contributed by atoms with E-state index in [0.29, 0.717) is 29.0 Å². The summed E-state index contributed by atoms with van der Waals surface area (Å²) in [5.41, 5.74) is 2.50. The molecule has 0 aromatic heterocycles. The van der Waals surface area contributed by atoms with Crippen molar-refractivity contribution in [2.75, 3.05) is 5.75 Å². The predicted octanol–water partition coefficient (Wildman–Crippen LogP) is 3.79. The van der Waals surface area contributed by atoms with Crippen molar-refractivity contribution in [3.63, 3.8) is 0 Å². The second-order valence-electron chi connectivity index (χ2n) is 11.9. The van der Waals surface area contributed by atoms with Gasteiger partial charge in [0.15, 0.2) is 11.8 Å². The zero-order valence-corrected chi connectivity index (χ0v) is 24.6. The molecule has 1 aliphatic heterocycles. The molecule has 3 amide bonds. The number of ether oxygens (including phenoxy) is 2. The van der Waals surface area contributed by atoms with Gasteiger partial charge in [0.2, 0.25) is 10.0 Å². The number of ketones is 1. The first-order valence-corrected chi connectivity index (χ1v) is 15.5. The smallest absolute Gasteiger partial charge is 0.430 e. The maximum Gasteiger partial charge on any atom is 0.430 e. The van der Waals surface area contributed by atoms with Gasteiger partial charge in [-0.05, 0) is 48.6 Å². The molecule has 2 aromatic carbocycles. The van der Waals surface area contributed by atoms with Crippen molar-refractivity contribution in [2.45, 2.75) is 65.3 Å². The Bertz CT molecular complexity index is 1480. The van der Waals surface area contributed by atoms with Crippen LogP contribution in [0.2, 0.25) is 0 Å². The highest BCUT2D eigenvalue weighted by Gasteiger charge is 2.72. The minimum absolute atomic E-state index is 0.153. The third-order valence-corrected chi connectivity index (χ3v) is 11.2. The van der Waals surface area contributed by atoms with Crippen molar-refractivity contribution in [3.8, 4) is 0 Å². The van der Waals surface area contributed by atoms with Crippen LogP contribution in [-0.2, 0) is 42.3 Å². The van der Waals surface area contributed by atoms with Crippen LogP contribution >= 0.6 is 0 Å². The van der Waals surface area contributed by atoms with E-state index in [-0.39, 0.29) is 30.3 Å². The van der Waals surface area contributed by atoms with Gasteiger partial charge >= 0.3 is 12.2 Å². The molecule has 4 atom stereocenters. The van der Waals surface area contributed by atoms with Crippen LogP contribution in [-0.4, -0.2) is 59.4 Å². The van der Waals surface area contributed by atoms with E-state index in [1.54, 1.807) is 60.7 Å². The summed E-state index contributed by atoms with van der Waals surface area (Å²) in [6, 6.07) is 14.8. The van der Waals surface area contributed by atoms with Crippen LogP contribution in [0.15, 0.2) is 60.7 Å². The van der Waals surface area contributed by atoms with Gasteiger partial charge in [0.25, 0.3) is 5.91 Å². The van der Waals surface area contributed by atoms with Crippen molar-refractivity contribution in [2.24, 2.45) is 16.7 Å². The Balaban J connectivity index is 1.42. The van der Waals surface area contributed by atoms with Crippen molar-refractivity contribution >= 4 is 33.9 Å². The summed E-state index contributed by atoms with van der Waals surface area (Å²) in [7, 11) is -4.12. The molecule has 1 spiro atoms. The van der Waals surface area contributed by atoms with E-state index in [1.807, 2.05) is 13.8 Å². The third-order valence-electron chi connectivity index (χ3n) is 9.33. The molecular weight excluding hydrogens is 562 g/mol. The number of carbonyl (C=O) groups is 4. The molecule has 5 rings (SSSR count). The Labute approximate surface area is 245 Å². The van der Waals surface area contributed by atoms with E-state index in [4.69, 9.17) is 9.47 Å². The first kappa shape index (κ1) is 29.6. The van der Waals surface area contributed by atoms with Gasteiger partial charge in [-0.25, -0.2) is 27.7 Å². The standard InChI is InChI=1S/C30H35N3O8S/c1-20(34)25(26(35)33-24-16-23-14-15-30(24,29(23,2)3)19-42(33,38)39)32(28(37)41-18-22-12-8-5-9-13-22)31-27(36)40-17-21-10-6-4-7-11-21/h4-13,23-25H,14-19H2,1-3H3,(H,31,36)/t23-,24-,25+,30-/m1/s1. The van der Waals surface area contributed by atoms with Gasteiger partial charge in [-0.15, -0.1) is 0 Å². The number of hydrazine groups is 1. The van der Waals surface area contributed by atoms with Crippen molar-refractivity contribution in [3.05, 3.63) is 71.8 Å². The highest BCUT2D eigenvalue weighted by molar-refractivity contribution is 7.90. The fourth-order valence-electron chi connectivity index (χ4n) is 7.02. The molecule has 224 valence electrons. The van der Waals surface area contributed by atoms with Crippen LogP contribution in [0.3, 0.4) is 0 Å². The fourth-order valence-corrected chi connectivity index (χ4v) is 9.57. The fraction of sp³-hybridized carbons (Fsp3) is 0.467. The van der Waals surface area contributed by atoms with Gasteiger partial charge in [-0.3, -0.25) is 9.59 Å². The largest absolute Gasteiger partial charge is 0.443 e. The van der Waals surface area contributed by atoms with Crippen molar-refractivity contribution in [1.82, 2.24) is 14.7 Å². The van der Waals surface area contributed by atoms with Crippen molar-refractivity contribution < 1.29 is 37.1 Å². The Morgan fingerprint density at radius 3 is 2.10 bits per heavy atom. The van der Waals surface area contributed by atoms with Crippen LogP contribution in [0, 0.1) is 16.7 Å². The molecule has 0 radical (unpaired) electrons. The summed E-state index contributed by atoms with van der Waals surface area (Å²) in [6.45, 7) is 4.75. The Morgan fingerprint density at radius 1 is 0.976 bits per heavy atom. The zero-order valence-electron chi connectivity index (χ0n) is 23.8. The quantitative estimate of drug-likeness (QED) is 0.376. The number of benzene rings is 2.